The predicted octanol–water partition coefficient (Wildman–Crippen LogP) is 5.02. The van der Waals surface area contributed by atoms with Gasteiger partial charge in [0.25, 0.3) is 5.91 Å². The lowest BCUT2D eigenvalue weighted by atomic mass is 10.1. The van der Waals surface area contributed by atoms with E-state index in [0.717, 1.165) is 28.2 Å². The van der Waals surface area contributed by atoms with E-state index in [9.17, 15) is 13.2 Å². The van der Waals surface area contributed by atoms with Crippen molar-refractivity contribution in [3.05, 3.63) is 114 Å². The Morgan fingerprint density at radius 3 is 2.00 bits per heavy atom. The predicted molar refractivity (Wildman–Crippen MR) is 126 cm³/mol. The number of nitrogens with zero attached hydrogens (tertiary/aromatic N) is 1. The van der Waals surface area contributed by atoms with Crippen molar-refractivity contribution in [1.82, 2.24) is 4.90 Å². The van der Waals surface area contributed by atoms with Crippen LogP contribution in [-0.2, 0) is 23.2 Å². The highest BCUT2D eigenvalue weighted by Crippen LogP contribution is 2.21. The normalized spacial score (nSPS) is 11.3. The summed E-state index contributed by atoms with van der Waals surface area (Å²) in [6.07, 6.45) is 1.00. The molecule has 5 nitrogen and oxygen atoms in total. The molecule has 4 aromatic carbocycles. The number of fused-ring (bicyclic) bond motifs is 1. The standard InChI is InChI=1S/C26H23NO4S/c1-32(29,30)31-25-15-11-21(12-16-25)19-27(18-20-7-3-2-4-8-20)26(28)24-14-13-22-9-5-6-10-23(22)17-24/h2-17H,18-19H2,1H3. The smallest absolute Gasteiger partial charge is 0.306 e. The third-order valence-corrected chi connectivity index (χ3v) is 5.54. The third kappa shape index (κ3) is 5.53. The van der Waals surface area contributed by atoms with Gasteiger partial charge < -0.3 is 9.08 Å². The van der Waals surface area contributed by atoms with Crippen molar-refractivity contribution in [2.45, 2.75) is 13.1 Å². The monoisotopic (exact) mass is 445 g/mol. The van der Waals surface area contributed by atoms with E-state index in [1.807, 2.05) is 72.8 Å². The molecule has 0 aliphatic carbocycles. The van der Waals surface area contributed by atoms with Crippen LogP contribution in [0.25, 0.3) is 10.8 Å². The van der Waals surface area contributed by atoms with E-state index < -0.39 is 10.1 Å². The fourth-order valence-corrected chi connectivity index (χ4v) is 4.01. The van der Waals surface area contributed by atoms with Gasteiger partial charge in [-0.15, -0.1) is 0 Å². The van der Waals surface area contributed by atoms with Crippen LogP contribution in [0, 0.1) is 0 Å². The van der Waals surface area contributed by atoms with Gasteiger partial charge in [-0.1, -0.05) is 72.8 Å². The van der Waals surface area contributed by atoms with E-state index in [2.05, 4.69) is 0 Å². The van der Waals surface area contributed by atoms with Crippen molar-refractivity contribution in [2.24, 2.45) is 0 Å². The Hall–Kier alpha value is -3.64. The molecule has 0 unspecified atom stereocenters. The van der Waals surface area contributed by atoms with Gasteiger partial charge in [0.1, 0.15) is 5.75 Å². The summed E-state index contributed by atoms with van der Waals surface area (Å²) >= 11 is 0. The minimum absolute atomic E-state index is 0.0731. The molecule has 0 bridgehead atoms. The summed E-state index contributed by atoms with van der Waals surface area (Å²) in [7, 11) is -3.59. The SMILES string of the molecule is CS(=O)(=O)Oc1ccc(CN(Cc2ccccc2)C(=O)c2ccc3ccccc3c2)cc1. The number of hydrogen-bond donors (Lipinski definition) is 0. The first-order valence-corrected chi connectivity index (χ1v) is 12.0. The summed E-state index contributed by atoms with van der Waals surface area (Å²) in [6.45, 7) is 0.827. The molecule has 162 valence electrons. The van der Waals surface area contributed by atoms with Crippen molar-refractivity contribution in [3.8, 4) is 5.75 Å². The Kier molecular flexibility index (Phi) is 6.23. The van der Waals surface area contributed by atoms with Crippen LogP contribution in [0.5, 0.6) is 5.75 Å². The summed E-state index contributed by atoms with van der Waals surface area (Å²) in [5, 5.41) is 2.10. The molecule has 0 atom stereocenters. The molecular formula is C26H23NO4S. The summed E-state index contributed by atoms with van der Waals surface area (Å²) < 4.78 is 27.6. The molecule has 4 rings (SSSR count). The van der Waals surface area contributed by atoms with Crippen LogP contribution in [-0.4, -0.2) is 25.5 Å². The maximum absolute atomic E-state index is 13.5. The van der Waals surface area contributed by atoms with Gasteiger partial charge >= 0.3 is 10.1 Å². The minimum Gasteiger partial charge on any atom is -0.383 e. The molecule has 0 saturated carbocycles. The fraction of sp³-hybridized carbons (Fsp3) is 0.115. The van der Waals surface area contributed by atoms with Gasteiger partial charge in [-0.2, -0.15) is 8.42 Å². The molecule has 0 saturated heterocycles. The van der Waals surface area contributed by atoms with Crippen LogP contribution in [0.4, 0.5) is 0 Å². The third-order valence-electron chi connectivity index (χ3n) is 5.04. The Labute approximate surface area is 188 Å². The zero-order valence-corrected chi connectivity index (χ0v) is 18.5. The van der Waals surface area contributed by atoms with Crippen molar-refractivity contribution in [2.75, 3.05) is 6.26 Å². The highest BCUT2D eigenvalue weighted by atomic mass is 32.2. The molecule has 0 N–H and O–H groups in total. The van der Waals surface area contributed by atoms with E-state index in [4.69, 9.17) is 4.18 Å². The van der Waals surface area contributed by atoms with Crippen LogP contribution < -0.4 is 4.18 Å². The van der Waals surface area contributed by atoms with Gasteiger partial charge in [0, 0.05) is 18.7 Å². The lowest BCUT2D eigenvalue weighted by molar-refractivity contribution is 0.0730. The lowest BCUT2D eigenvalue weighted by Gasteiger charge is -2.23. The van der Waals surface area contributed by atoms with Crippen LogP contribution in [0.1, 0.15) is 21.5 Å². The molecule has 0 aliphatic heterocycles. The van der Waals surface area contributed by atoms with Crippen LogP contribution in [0.3, 0.4) is 0 Å². The number of rotatable bonds is 7. The molecule has 1 amide bonds. The second-order valence-corrected chi connectivity index (χ2v) is 9.22. The minimum atomic E-state index is -3.59. The van der Waals surface area contributed by atoms with E-state index in [1.54, 1.807) is 29.2 Å². The van der Waals surface area contributed by atoms with Crippen LogP contribution in [0.15, 0.2) is 97.1 Å². The van der Waals surface area contributed by atoms with Crippen molar-refractivity contribution in [3.63, 3.8) is 0 Å². The highest BCUT2D eigenvalue weighted by molar-refractivity contribution is 7.86. The van der Waals surface area contributed by atoms with Gasteiger partial charge in [-0.3, -0.25) is 4.79 Å². The Balaban J connectivity index is 1.61. The van der Waals surface area contributed by atoms with Gasteiger partial charge in [-0.25, -0.2) is 0 Å². The van der Waals surface area contributed by atoms with Gasteiger partial charge in [-0.05, 0) is 46.2 Å². The molecule has 0 aromatic heterocycles. The molecule has 0 spiro atoms. The first-order valence-electron chi connectivity index (χ1n) is 10.2. The second-order valence-electron chi connectivity index (χ2n) is 7.64. The van der Waals surface area contributed by atoms with E-state index in [0.29, 0.717) is 18.7 Å². The quantitative estimate of drug-likeness (QED) is 0.375. The maximum atomic E-state index is 13.5. The fourth-order valence-electron chi connectivity index (χ4n) is 3.55. The van der Waals surface area contributed by atoms with Crippen molar-refractivity contribution < 1.29 is 17.4 Å². The van der Waals surface area contributed by atoms with Crippen molar-refractivity contribution in [1.29, 1.82) is 0 Å². The summed E-state index contributed by atoms with van der Waals surface area (Å²) in [5.74, 6) is 0.169. The van der Waals surface area contributed by atoms with Gasteiger partial charge in [0.15, 0.2) is 0 Å². The molecule has 6 heteroatoms. The van der Waals surface area contributed by atoms with E-state index in [-0.39, 0.29) is 11.7 Å². The number of amides is 1. The average Bonchev–Trinajstić information content (AvgIpc) is 2.79. The number of hydrogen-bond acceptors (Lipinski definition) is 4. The summed E-state index contributed by atoms with van der Waals surface area (Å²) in [6, 6.07) is 30.2. The topological polar surface area (TPSA) is 63.7 Å². The molecule has 32 heavy (non-hydrogen) atoms. The zero-order valence-electron chi connectivity index (χ0n) is 17.6. The maximum Gasteiger partial charge on any atom is 0.306 e. The summed E-state index contributed by atoms with van der Waals surface area (Å²) in [5.41, 5.74) is 2.52. The Morgan fingerprint density at radius 2 is 1.34 bits per heavy atom. The van der Waals surface area contributed by atoms with Crippen LogP contribution in [0.2, 0.25) is 0 Å². The van der Waals surface area contributed by atoms with Crippen molar-refractivity contribution >= 4 is 26.8 Å². The van der Waals surface area contributed by atoms with Gasteiger partial charge in [0.05, 0.1) is 6.26 Å². The number of carbonyl (C=O) groups is 1. The van der Waals surface area contributed by atoms with Crippen LogP contribution >= 0.6 is 0 Å². The molecule has 0 aliphatic rings. The van der Waals surface area contributed by atoms with E-state index >= 15 is 0 Å². The summed E-state index contributed by atoms with van der Waals surface area (Å²) in [4.78, 5) is 15.3. The van der Waals surface area contributed by atoms with E-state index in [1.165, 1.54) is 0 Å². The molecular weight excluding hydrogens is 422 g/mol. The lowest BCUT2D eigenvalue weighted by Crippen LogP contribution is -2.30. The number of carbonyl (C=O) groups excluding carboxylic acids is 1. The van der Waals surface area contributed by atoms with Gasteiger partial charge in [0.2, 0.25) is 0 Å². The molecule has 0 heterocycles. The first kappa shape index (κ1) is 21.6. The second kappa shape index (κ2) is 9.24. The zero-order chi connectivity index (χ0) is 22.6. The average molecular weight is 446 g/mol. The Morgan fingerprint density at radius 1 is 0.750 bits per heavy atom. The largest absolute Gasteiger partial charge is 0.383 e. The Bertz CT molecular complexity index is 1330. The number of benzene rings is 4. The highest BCUT2D eigenvalue weighted by Gasteiger charge is 2.17. The molecule has 0 radical (unpaired) electrons. The first-order chi connectivity index (χ1) is 15.4. The molecule has 4 aromatic rings. The molecule has 0 fully saturated rings.